The number of para-hydroxylation sites is 2. The molecule has 2 aromatic rings. The Bertz CT molecular complexity index is 776. The van der Waals surface area contributed by atoms with Gasteiger partial charge in [-0.3, -0.25) is 4.79 Å². The maximum absolute atomic E-state index is 12.6. The number of nitrogens with zero attached hydrogens (tertiary/aromatic N) is 2. The molecule has 1 saturated heterocycles. The van der Waals surface area contributed by atoms with E-state index >= 15 is 0 Å². The van der Waals surface area contributed by atoms with Gasteiger partial charge in [-0.25, -0.2) is 0 Å². The summed E-state index contributed by atoms with van der Waals surface area (Å²) in [6.45, 7) is 5.59. The number of amides is 1. The number of nitrogens with two attached hydrogens (primary N) is 1. The number of rotatable bonds is 6. The number of anilines is 1. The van der Waals surface area contributed by atoms with Gasteiger partial charge in [-0.05, 0) is 25.1 Å². The van der Waals surface area contributed by atoms with Crippen LogP contribution in [0.5, 0.6) is 5.75 Å². The van der Waals surface area contributed by atoms with Crippen molar-refractivity contribution in [1.29, 1.82) is 0 Å². The van der Waals surface area contributed by atoms with Gasteiger partial charge in [0.2, 0.25) is 0 Å². The van der Waals surface area contributed by atoms with E-state index in [1.807, 2.05) is 47.4 Å². The molecule has 0 aromatic heterocycles. The first-order valence-corrected chi connectivity index (χ1v) is 9.71. The van der Waals surface area contributed by atoms with Crippen LogP contribution in [-0.2, 0) is 4.79 Å². The highest BCUT2D eigenvalue weighted by Gasteiger charge is 2.24. The molecule has 144 valence electrons. The van der Waals surface area contributed by atoms with Gasteiger partial charge in [0.25, 0.3) is 5.91 Å². The molecule has 5 nitrogen and oxygen atoms in total. The normalized spacial score (nSPS) is 15.5. The Labute approximate surface area is 165 Å². The molecule has 0 aliphatic carbocycles. The molecule has 1 amide bonds. The van der Waals surface area contributed by atoms with Crippen molar-refractivity contribution < 1.29 is 14.8 Å². The molecule has 1 atom stereocenters. The lowest BCUT2D eigenvalue weighted by Gasteiger charge is -2.36. The lowest BCUT2D eigenvalue weighted by molar-refractivity contribution is -0.683. The van der Waals surface area contributed by atoms with Crippen LogP contribution in [0.25, 0.3) is 0 Å². The minimum Gasteiger partial charge on any atom is -0.495 e. The van der Waals surface area contributed by atoms with E-state index in [1.165, 1.54) is 0 Å². The highest BCUT2D eigenvalue weighted by molar-refractivity contribution is 6.31. The summed E-state index contributed by atoms with van der Waals surface area (Å²) in [7, 11) is 1.69. The standard InChI is InChI=1S/C21H26ClN3O2/c1-16(17-7-3-4-8-18(17)22)23-15-21(26)25-13-11-24(12-14-25)19-9-5-6-10-20(19)27-2/h3-10,16,23H,11-15H2,1-2H3/p+1/t16-/m0/s1. The predicted octanol–water partition coefficient (Wildman–Crippen LogP) is 2.32. The van der Waals surface area contributed by atoms with E-state index in [0.717, 1.165) is 48.2 Å². The van der Waals surface area contributed by atoms with Gasteiger partial charge in [-0.2, -0.15) is 0 Å². The largest absolute Gasteiger partial charge is 0.495 e. The van der Waals surface area contributed by atoms with Crippen molar-refractivity contribution in [2.24, 2.45) is 0 Å². The van der Waals surface area contributed by atoms with Crippen molar-refractivity contribution in [2.45, 2.75) is 13.0 Å². The first-order valence-electron chi connectivity index (χ1n) is 9.33. The minimum absolute atomic E-state index is 0.150. The second-order valence-corrected chi connectivity index (χ2v) is 7.20. The molecule has 27 heavy (non-hydrogen) atoms. The van der Waals surface area contributed by atoms with Gasteiger partial charge < -0.3 is 19.9 Å². The Morgan fingerprint density at radius 1 is 1.11 bits per heavy atom. The van der Waals surface area contributed by atoms with Crippen LogP contribution in [-0.4, -0.2) is 50.6 Å². The molecule has 1 aliphatic heterocycles. The fraction of sp³-hybridized carbons (Fsp3) is 0.381. The molecule has 1 heterocycles. The highest BCUT2D eigenvalue weighted by Crippen LogP contribution is 2.28. The number of piperazine rings is 1. The van der Waals surface area contributed by atoms with Crippen LogP contribution in [0.2, 0.25) is 5.02 Å². The van der Waals surface area contributed by atoms with Gasteiger partial charge >= 0.3 is 0 Å². The Kier molecular flexibility index (Phi) is 6.58. The third-order valence-electron chi connectivity index (χ3n) is 5.10. The summed E-state index contributed by atoms with van der Waals surface area (Å²) in [5.41, 5.74) is 2.15. The number of halogens is 1. The molecular formula is C21H27ClN3O2+. The van der Waals surface area contributed by atoms with Crippen LogP contribution in [0.3, 0.4) is 0 Å². The third kappa shape index (κ3) is 4.73. The van der Waals surface area contributed by atoms with E-state index in [0.29, 0.717) is 6.54 Å². The molecule has 1 fully saturated rings. The number of benzene rings is 2. The van der Waals surface area contributed by atoms with E-state index < -0.39 is 0 Å². The first-order chi connectivity index (χ1) is 13.1. The Hall–Kier alpha value is -2.24. The summed E-state index contributed by atoms with van der Waals surface area (Å²) in [6, 6.07) is 16.0. The van der Waals surface area contributed by atoms with Crippen LogP contribution < -0.4 is 15.0 Å². The van der Waals surface area contributed by atoms with Gasteiger partial charge in [0.15, 0.2) is 6.54 Å². The lowest BCUT2D eigenvalue weighted by Crippen LogP contribution is -2.87. The van der Waals surface area contributed by atoms with Crippen LogP contribution in [0, 0.1) is 0 Å². The Morgan fingerprint density at radius 3 is 2.48 bits per heavy atom. The SMILES string of the molecule is COc1ccccc1N1CCN(C(=O)C[NH2+][C@@H](C)c2ccccc2Cl)CC1. The molecule has 0 bridgehead atoms. The summed E-state index contributed by atoms with van der Waals surface area (Å²) in [4.78, 5) is 16.8. The highest BCUT2D eigenvalue weighted by atomic mass is 35.5. The molecule has 6 heteroatoms. The number of quaternary nitrogens is 1. The van der Waals surface area contributed by atoms with Crippen LogP contribution in [0.15, 0.2) is 48.5 Å². The summed E-state index contributed by atoms with van der Waals surface area (Å²) in [5.74, 6) is 1.05. The van der Waals surface area contributed by atoms with Crippen molar-refractivity contribution in [3.8, 4) is 5.75 Å². The second kappa shape index (κ2) is 9.11. The topological polar surface area (TPSA) is 49.4 Å². The lowest BCUT2D eigenvalue weighted by atomic mass is 10.1. The first kappa shape index (κ1) is 19.5. The van der Waals surface area contributed by atoms with Crippen molar-refractivity contribution in [2.75, 3.05) is 44.7 Å². The van der Waals surface area contributed by atoms with E-state index in [1.54, 1.807) is 7.11 Å². The van der Waals surface area contributed by atoms with E-state index in [4.69, 9.17) is 16.3 Å². The average Bonchev–Trinajstić information content (AvgIpc) is 2.72. The molecule has 0 unspecified atom stereocenters. The van der Waals surface area contributed by atoms with Crippen molar-refractivity contribution in [3.63, 3.8) is 0 Å². The molecule has 3 rings (SSSR count). The Balaban J connectivity index is 1.51. The molecule has 0 saturated carbocycles. The zero-order chi connectivity index (χ0) is 19.2. The number of hydrogen-bond acceptors (Lipinski definition) is 3. The fourth-order valence-corrected chi connectivity index (χ4v) is 3.77. The maximum atomic E-state index is 12.6. The van der Waals surface area contributed by atoms with E-state index in [2.05, 4.69) is 23.2 Å². The van der Waals surface area contributed by atoms with Gasteiger partial charge in [-0.15, -0.1) is 0 Å². The third-order valence-corrected chi connectivity index (χ3v) is 5.44. The van der Waals surface area contributed by atoms with Crippen molar-refractivity contribution in [1.82, 2.24) is 4.90 Å². The predicted molar refractivity (Wildman–Crippen MR) is 108 cm³/mol. The van der Waals surface area contributed by atoms with Gasteiger partial charge in [0.05, 0.1) is 12.8 Å². The summed E-state index contributed by atoms with van der Waals surface area (Å²) in [5, 5.41) is 2.80. The second-order valence-electron chi connectivity index (χ2n) is 6.79. The zero-order valence-electron chi connectivity index (χ0n) is 15.9. The quantitative estimate of drug-likeness (QED) is 0.826. The summed E-state index contributed by atoms with van der Waals surface area (Å²) >= 11 is 6.25. The van der Waals surface area contributed by atoms with Crippen molar-refractivity contribution in [3.05, 3.63) is 59.1 Å². The van der Waals surface area contributed by atoms with E-state index in [-0.39, 0.29) is 11.9 Å². The Morgan fingerprint density at radius 2 is 1.78 bits per heavy atom. The van der Waals surface area contributed by atoms with Crippen LogP contribution >= 0.6 is 11.6 Å². The molecule has 2 aromatic carbocycles. The number of carbonyl (C=O) groups is 1. The number of hydrogen-bond donors (Lipinski definition) is 1. The van der Waals surface area contributed by atoms with Gasteiger partial charge in [0, 0.05) is 36.8 Å². The number of methoxy groups -OCH3 is 1. The molecular weight excluding hydrogens is 362 g/mol. The molecule has 2 N–H and O–H groups in total. The van der Waals surface area contributed by atoms with Crippen molar-refractivity contribution >= 4 is 23.2 Å². The summed E-state index contributed by atoms with van der Waals surface area (Å²) < 4.78 is 5.45. The van der Waals surface area contributed by atoms with Crippen LogP contribution in [0.1, 0.15) is 18.5 Å². The molecule has 1 aliphatic rings. The number of ether oxygens (including phenoxy) is 1. The zero-order valence-corrected chi connectivity index (χ0v) is 16.7. The van der Waals surface area contributed by atoms with Gasteiger partial charge in [-0.1, -0.05) is 41.9 Å². The average molecular weight is 389 g/mol. The van der Waals surface area contributed by atoms with Gasteiger partial charge in [0.1, 0.15) is 11.8 Å². The smallest absolute Gasteiger partial charge is 0.277 e. The van der Waals surface area contributed by atoms with E-state index in [9.17, 15) is 4.79 Å². The monoisotopic (exact) mass is 388 g/mol. The summed E-state index contributed by atoms with van der Waals surface area (Å²) in [6.07, 6.45) is 0. The molecule has 0 radical (unpaired) electrons. The van der Waals surface area contributed by atoms with Crippen LogP contribution in [0.4, 0.5) is 5.69 Å². The minimum atomic E-state index is 0.150. The maximum Gasteiger partial charge on any atom is 0.277 e. The fourth-order valence-electron chi connectivity index (χ4n) is 3.47. The molecule has 0 spiro atoms. The number of carbonyl (C=O) groups excluding carboxylic acids is 1.